The normalized spacial score (nSPS) is 15.0. The number of nitrogens with one attached hydrogen (secondary N) is 1. The first-order valence-electron chi connectivity index (χ1n) is 7.83. The van der Waals surface area contributed by atoms with Gasteiger partial charge in [-0.2, -0.15) is 0 Å². The molecule has 0 bridgehead atoms. The van der Waals surface area contributed by atoms with Crippen molar-refractivity contribution in [3.63, 3.8) is 0 Å². The molecule has 124 valence electrons. The second-order valence-electron chi connectivity index (χ2n) is 5.80. The zero-order valence-electron chi connectivity index (χ0n) is 13.9. The van der Waals surface area contributed by atoms with Crippen molar-refractivity contribution in [2.24, 2.45) is 0 Å². The van der Waals surface area contributed by atoms with Gasteiger partial charge in [-0.25, -0.2) is 0 Å². The molecule has 2 rings (SSSR count). The van der Waals surface area contributed by atoms with Crippen molar-refractivity contribution in [1.82, 2.24) is 5.32 Å². The molecule has 3 unspecified atom stereocenters. The van der Waals surface area contributed by atoms with E-state index in [1.54, 1.807) is 7.11 Å². The predicted octanol–water partition coefficient (Wildman–Crippen LogP) is 2.96. The second-order valence-corrected chi connectivity index (χ2v) is 5.80. The Bertz CT molecular complexity index is 612. The van der Waals surface area contributed by atoms with E-state index in [1.807, 2.05) is 62.4 Å². The lowest BCUT2D eigenvalue weighted by molar-refractivity contribution is 0.130. The first-order chi connectivity index (χ1) is 11.0. The number of aliphatic hydroxyl groups is 2. The molecule has 4 nitrogen and oxygen atoms in total. The molecule has 0 aliphatic rings. The summed E-state index contributed by atoms with van der Waals surface area (Å²) in [6.45, 7) is 4.04. The van der Waals surface area contributed by atoms with E-state index < -0.39 is 6.10 Å². The van der Waals surface area contributed by atoms with Crippen LogP contribution in [0.5, 0.6) is 5.75 Å². The summed E-state index contributed by atoms with van der Waals surface area (Å²) in [6, 6.07) is 15.2. The molecule has 2 aromatic carbocycles. The Labute approximate surface area is 137 Å². The van der Waals surface area contributed by atoms with Crippen LogP contribution in [0.2, 0.25) is 0 Å². The van der Waals surface area contributed by atoms with Gasteiger partial charge in [-0.15, -0.1) is 0 Å². The highest BCUT2D eigenvalue weighted by atomic mass is 16.5. The maximum Gasteiger partial charge on any atom is 0.118 e. The zero-order chi connectivity index (χ0) is 16.8. The van der Waals surface area contributed by atoms with E-state index in [1.165, 1.54) is 0 Å². The van der Waals surface area contributed by atoms with E-state index in [4.69, 9.17) is 4.74 Å². The van der Waals surface area contributed by atoms with Crippen LogP contribution in [0.3, 0.4) is 0 Å². The summed E-state index contributed by atoms with van der Waals surface area (Å²) in [6.07, 6.45) is -0.607. The smallest absolute Gasteiger partial charge is 0.118 e. The number of rotatable bonds is 7. The van der Waals surface area contributed by atoms with Crippen LogP contribution in [0.25, 0.3) is 0 Å². The molecule has 23 heavy (non-hydrogen) atoms. The quantitative estimate of drug-likeness (QED) is 0.735. The Balaban J connectivity index is 2.02. The van der Waals surface area contributed by atoms with Crippen molar-refractivity contribution in [2.75, 3.05) is 7.11 Å². The minimum atomic E-state index is -0.607. The van der Waals surface area contributed by atoms with Gasteiger partial charge in [0.25, 0.3) is 0 Å². The third-order valence-electron chi connectivity index (χ3n) is 4.08. The minimum absolute atomic E-state index is 0.0323. The monoisotopic (exact) mass is 315 g/mol. The summed E-state index contributed by atoms with van der Waals surface area (Å²) in [5.41, 5.74) is 2.83. The van der Waals surface area contributed by atoms with E-state index in [0.717, 1.165) is 22.4 Å². The summed E-state index contributed by atoms with van der Waals surface area (Å²) < 4.78 is 5.14. The van der Waals surface area contributed by atoms with Crippen LogP contribution in [-0.4, -0.2) is 23.4 Å². The molecule has 0 aliphatic carbocycles. The van der Waals surface area contributed by atoms with Crippen molar-refractivity contribution < 1.29 is 14.9 Å². The van der Waals surface area contributed by atoms with Crippen LogP contribution >= 0.6 is 0 Å². The van der Waals surface area contributed by atoms with Gasteiger partial charge in [0.1, 0.15) is 5.75 Å². The molecule has 0 fully saturated rings. The predicted molar refractivity (Wildman–Crippen MR) is 91.3 cm³/mol. The molecule has 0 radical (unpaired) electrons. The Morgan fingerprint density at radius 3 is 2.35 bits per heavy atom. The summed E-state index contributed by atoms with van der Waals surface area (Å²) >= 11 is 0. The molecule has 0 heterocycles. The third-order valence-corrected chi connectivity index (χ3v) is 4.08. The van der Waals surface area contributed by atoms with Crippen LogP contribution in [-0.2, 0) is 6.61 Å². The lowest BCUT2D eigenvalue weighted by atomic mass is 10.0. The zero-order valence-corrected chi connectivity index (χ0v) is 13.9. The molecule has 2 aromatic rings. The van der Waals surface area contributed by atoms with E-state index in [9.17, 15) is 10.2 Å². The highest BCUT2D eigenvalue weighted by molar-refractivity contribution is 5.29. The van der Waals surface area contributed by atoms with Crippen molar-refractivity contribution in [3.8, 4) is 5.75 Å². The summed E-state index contributed by atoms with van der Waals surface area (Å²) in [5, 5.41) is 23.2. The minimum Gasteiger partial charge on any atom is -0.497 e. The van der Waals surface area contributed by atoms with Crippen molar-refractivity contribution in [1.29, 1.82) is 0 Å². The average molecular weight is 315 g/mol. The van der Waals surface area contributed by atoms with Gasteiger partial charge in [0.2, 0.25) is 0 Å². The van der Waals surface area contributed by atoms with Crippen LogP contribution < -0.4 is 10.1 Å². The van der Waals surface area contributed by atoms with Gasteiger partial charge in [-0.1, -0.05) is 36.4 Å². The van der Waals surface area contributed by atoms with Gasteiger partial charge in [0.05, 0.1) is 19.8 Å². The van der Waals surface area contributed by atoms with E-state index >= 15 is 0 Å². The second kappa shape index (κ2) is 8.11. The van der Waals surface area contributed by atoms with E-state index in [2.05, 4.69) is 5.32 Å². The molecule has 0 amide bonds. The van der Waals surface area contributed by atoms with Crippen molar-refractivity contribution in [3.05, 3.63) is 65.2 Å². The summed E-state index contributed by atoms with van der Waals surface area (Å²) in [7, 11) is 1.62. The van der Waals surface area contributed by atoms with Crippen LogP contribution in [0.1, 0.15) is 42.7 Å². The molecular weight excluding hydrogens is 290 g/mol. The topological polar surface area (TPSA) is 61.7 Å². The standard InChI is InChI=1S/C19H25NO3/c1-13(17-6-4-5-15(11-17)12-21)20-14(2)19(22)16-7-9-18(23-3)10-8-16/h4-11,13-14,19-22H,12H2,1-3H3. The first kappa shape index (κ1) is 17.5. The Morgan fingerprint density at radius 2 is 1.74 bits per heavy atom. The summed E-state index contributed by atoms with van der Waals surface area (Å²) in [4.78, 5) is 0. The van der Waals surface area contributed by atoms with Crippen molar-refractivity contribution >= 4 is 0 Å². The fraction of sp³-hybridized carbons (Fsp3) is 0.368. The molecule has 0 saturated heterocycles. The molecule has 0 spiro atoms. The van der Waals surface area contributed by atoms with Gasteiger partial charge in [0.15, 0.2) is 0 Å². The Hall–Kier alpha value is -1.88. The maximum atomic E-state index is 10.5. The van der Waals surface area contributed by atoms with E-state index in [0.29, 0.717) is 0 Å². The molecule has 0 saturated carbocycles. The van der Waals surface area contributed by atoms with Crippen molar-refractivity contribution in [2.45, 2.75) is 38.6 Å². The molecule has 4 heteroatoms. The fourth-order valence-electron chi connectivity index (χ4n) is 2.63. The number of hydrogen-bond acceptors (Lipinski definition) is 4. The Kier molecular flexibility index (Phi) is 6.16. The summed E-state index contributed by atoms with van der Waals surface area (Å²) in [5.74, 6) is 0.774. The van der Waals surface area contributed by atoms with E-state index in [-0.39, 0.29) is 18.7 Å². The molecular formula is C19H25NO3. The molecule has 3 N–H and O–H groups in total. The molecule has 0 aliphatic heterocycles. The number of benzene rings is 2. The van der Waals surface area contributed by atoms with Crippen LogP contribution in [0, 0.1) is 0 Å². The third kappa shape index (κ3) is 4.55. The maximum absolute atomic E-state index is 10.5. The average Bonchev–Trinajstić information content (AvgIpc) is 2.61. The molecule has 3 atom stereocenters. The first-order valence-corrected chi connectivity index (χ1v) is 7.83. The fourth-order valence-corrected chi connectivity index (χ4v) is 2.63. The van der Waals surface area contributed by atoms with Gasteiger partial charge < -0.3 is 20.3 Å². The number of methoxy groups -OCH3 is 1. The van der Waals surface area contributed by atoms with Crippen LogP contribution in [0.4, 0.5) is 0 Å². The van der Waals surface area contributed by atoms with Gasteiger partial charge in [0, 0.05) is 12.1 Å². The largest absolute Gasteiger partial charge is 0.497 e. The number of ether oxygens (including phenoxy) is 1. The van der Waals surface area contributed by atoms with Crippen LogP contribution in [0.15, 0.2) is 48.5 Å². The SMILES string of the molecule is COc1ccc(C(O)C(C)NC(C)c2cccc(CO)c2)cc1. The number of hydrogen-bond donors (Lipinski definition) is 3. The number of aliphatic hydroxyl groups excluding tert-OH is 2. The highest BCUT2D eigenvalue weighted by Crippen LogP contribution is 2.22. The van der Waals surface area contributed by atoms with Gasteiger partial charge in [-0.05, 0) is 42.7 Å². The Morgan fingerprint density at radius 1 is 1.04 bits per heavy atom. The lowest BCUT2D eigenvalue weighted by Gasteiger charge is -2.25. The lowest BCUT2D eigenvalue weighted by Crippen LogP contribution is -2.34. The highest BCUT2D eigenvalue weighted by Gasteiger charge is 2.19. The van der Waals surface area contributed by atoms with Gasteiger partial charge >= 0.3 is 0 Å². The van der Waals surface area contributed by atoms with Gasteiger partial charge in [-0.3, -0.25) is 0 Å². The molecule has 0 aromatic heterocycles.